The number of aliphatic hydroxyl groups is 1. The molecule has 1 aromatic carbocycles. The SMILES string of the molecule is COc1ccc(C(=N)N)cc1CN1CCN(CCO)CC1. The van der Waals surface area contributed by atoms with Crippen LogP contribution in [0.2, 0.25) is 0 Å². The predicted octanol–water partition coefficient (Wildman–Crippen LogP) is 0.0892. The van der Waals surface area contributed by atoms with Gasteiger partial charge >= 0.3 is 0 Å². The molecule has 2 rings (SSSR count). The third-order valence-corrected chi connectivity index (χ3v) is 3.87. The summed E-state index contributed by atoms with van der Waals surface area (Å²) in [5.74, 6) is 0.907. The molecule has 6 nitrogen and oxygen atoms in total. The normalized spacial score (nSPS) is 16.9. The van der Waals surface area contributed by atoms with Gasteiger partial charge in [0.2, 0.25) is 0 Å². The van der Waals surface area contributed by atoms with E-state index in [1.54, 1.807) is 7.11 Å². The summed E-state index contributed by atoms with van der Waals surface area (Å²) in [5.41, 5.74) is 7.34. The number of aliphatic hydroxyl groups excluding tert-OH is 1. The first-order valence-corrected chi connectivity index (χ1v) is 7.21. The number of ether oxygens (including phenoxy) is 1. The van der Waals surface area contributed by atoms with Gasteiger partial charge in [-0.15, -0.1) is 0 Å². The molecule has 0 atom stereocenters. The van der Waals surface area contributed by atoms with Crippen molar-refractivity contribution in [1.82, 2.24) is 9.80 Å². The van der Waals surface area contributed by atoms with Crippen LogP contribution < -0.4 is 10.5 Å². The maximum Gasteiger partial charge on any atom is 0.123 e. The van der Waals surface area contributed by atoms with Gasteiger partial charge in [-0.25, -0.2) is 0 Å². The number of nitrogens with one attached hydrogen (secondary N) is 1. The van der Waals surface area contributed by atoms with Crippen LogP contribution in [0.5, 0.6) is 5.75 Å². The van der Waals surface area contributed by atoms with E-state index in [2.05, 4.69) is 9.80 Å². The van der Waals surface area contributed by atoms with Gasteiger partial charge in [0.05, 0.1) is 13.7 Å². The van der Waals surface area contributed by atoms with E-state index < -0.39 is 0 Å². The molecule has 0 amide bonds. The average molecular weight is 292 g/mol. The fourth-order valence-electron chi connectivity index (χ4n) is 2.62. The van der Waals surface area contributed by atoms with Crippen LogP contribution in [0, 0.1) is 5.41 Å². The van der Waals surface area contributed by atoms with Crippen LogP contribution in [-0.2, 0) is 6.54 Å². The van der Waals surface area contributed by atoms with E-state index in [1.165, 1.54) is 0 Å². The minimum absolute atomic E-state index is 0.0756. The van der Waals surface area contributed by atoms with Crippen LogP contribution in [0.4, 0.5) is 0 Å². The van der Waals surface area contributed by atoms with Crippen LogP contribution >= 0.6 is 0 Å². The highest BCUT2D eigenvalue weighted by Crippen LogP contribution is 2.22. The summed E-state index contributed by atoms with van der Waals surface area (Å²) in [4.78, 5) is 4.62. The molecule has 0 radical (unpaired) electrons. The lowest BCUT2D eigenvalue weighted by Gasteiger charge is -2.34. The van der Waals surface area contributed by atoms with Gasteiger partial charge in [0.1, 0.15) is 11.6 Å². The lowest BCUT2D eigenvalue weighted by molar-refractivity contribution is 0.108. The lowest BCUT2D eigenvalue weighted by Crippen LogP contribution is -2.46. The van der Waals surface area contributed by atoms with Crippen molar-refractivity contribution >= 4 is 5.84 Å². The Kier molecular flexibility index (Phi) is 5.55. The number of rotatable bonds is 6. The number of hydrogen-bond acceptors (Lipinski definition) is 5. The van der Waals surface area contributed by atoms with Crippen molar-refractivity contribution in [2.24, 2.45) is 5.73 Å². The zero-order chi connectivity index (χ0) is 15.2. The number of methoxy groups -OCH3 is 1. The van der Waals surface area contributed by atoms with E-state index in [9.17, 15) is 0 Å². The largest absolute Gasteiger partial charge is 0.496 e. The summed E-state index contributed by atoms with van der Waals surface area (Å²) in [6, 6.07) is 5.61. The number of piperazine rings is 1. The molecule has 1 aliphatic rings. The Labute approximate surface area is 125 Å². The highest BCUT2D eigenvalue weighted by atomic mass is 16.5. The first-order valence-electron chi connectivity index (χ1n) is 7.21. The molecular weight excluding hydrogens is 268 g/mol. The van der Waals surface area contributed by atoms with Gasteiger partial charge in [-0.05, 0) is 18.2 Å². The summed E-state index contributed by atoms with van der Waals surface area (Å²) in [5, 5.41) is 16.5. The molecule has 116 valence electrons. The zero-order valence-corrected chi connectivity index (χ0v) is 12.5. The minimum atomic E-state index is 0.0756. The monoisotopic (exact) mass is 292 g/mol. The van der Waals surface area contributed by atoms with E-state index in [0.717, 1.165) is 56.1 Å². The highest BCUT2D eigenvalue weighted by Gasteiger charge is 2.18. The fraction of sp³-hybridized carbons (Fsp3) is 0.533. The van der Waals surface area contributed by atoms with Crippen molar-refractivity contribution in [3.63, 3.8) is 0 Å². The molecule has 1 aromatic rings. The van der Waals surface area contributed by atoms with Gasteiger partial charge in [-0.2, -0.15) is 0 Å². The fourth-order valence-corrected chi connectivity index (χ4v) is 2.62. The number of β-amino-alcohol motifs (C(OH)–C–C–N with tert-alkyl or cyclic N) is 1. The van der Waals surface area contributed by atoms with Crippen LogP contribution in [0.15, 0.2) is 18.2 Å². The first kappa shape index (κ1) is 15.8. The standard InChI is InChI=1S/C15H24N4O2/c1-21-14-3-2-12(15(16)17)10-13(14)11-19-6-4-18(5-7-19)8-9-20/h2-3,10,20H,4-9,11H2,1H3,(H3,16,17). The Morgan fingerprint density at radius 1 is 1.29 bits per heavy atom. The predicted molar refractivity (Wildman–Crippen MR) is 82.8 cm³/mol. The Morgan fingerprint density at radius 3 is 2.52 bits per heavy atom. The molecule has 1 fully saturated rings. The van der Waals surface area contributed by atoms with Gasteiger partial charge in [0, 0.05) is 50.4 Å². The molecular formula is C15H24N4O2. The van der Waals surface area contributed by atoms with Crippen LogP contribution in [-0.4, -0.2) is 67.2 Å². The van der Waals surface area contributed by atoms with Crippen molar-refractivity contribution in [2.45, 2.75) is 6.54 Å². The molecule has 1 aliphatic heterocycles. The second-order valence-electron chi connectivity index (χ2n) is 5.28. The summed E-state index contributed by atoms with van der Waals surface area (Å²) >= 11 is 0. The average Bonchev–Trinajstić information content (AvgIpc) is 2.49. The molecule has 0 aromatic heterocycles. The zero-order valence-electron chi connectivity index (χ0n) is 12.5. The van der Waals surface area contributed by atoms with Gasteiger partial charge in [0.25, 0.3) is 0 Å². The van der Waals surface area contributed by atoms with E-state index in [1.807, 2.05) is 18.2 Å². The van der Waals surface area contributed by atoms with E-state index in [0.29, 0.717) is 0 Å². The van der Waals surface area contributed by atoms with E-state index >= 15 is 0 Å². The second-order valence-corrected chi connectivity index (χ2v) is 5.28. The molecule has 6 heteroatoms. The molecule has 0 unspecified atom stereocenters. The topological polar surface area (TPSA) is 85.8 Å². The molecule has 21 heavy (non-hydrogen) atoms. The van der Waals surface area contributed by atoms with Crippen molar-refractivity contribution < 1.29 is 9.84 Å². The maximum atomic E-state index is 8.97. The third kappa shape index (κ3) is 4.17. The molecule has 0 aliphatic carbocycles. The maximum absolute atomic E-state index is 8.97. The van der Waals surface area contributed by atoms with Gasteiger partial charge in [-0.3, -0.25) is 15.2 Å². The lowest BCUT2D eigenvalue weighted by atomic mass is 10.1. The quantitative estimate of drug-likeness (QED) is 0.511. The van der Waals surface area contributed by atoms with Crippen molar-refractivity contribution in [2.75, 3.05) is 46.4 Å². The molecule has 0 saturated carbocycles. The number of nitrogen functional groups attached to an aromatic ring is 1. The smallest absolute Gasteiger partial charge is 0.123 e. The van der Waals surface area contributed by atoms with E-state index in [4.69, 9.17) is 21.0 Å². The Hall–Kier alpha value is -1.63. The van der Waals surface area contributed by atoms with Crippen LogP contribution in [0.3, 0.4) is 0 Å². The van der Waals surface area contributed by atoms with Gasteiger partial charge < -0.3 is 15.6 Å². The van der Waals surface area contributed by atoms with Crippen molar-refractivity contribution in [3.05, 3.63) is 29.3 Å². The summed E-state index contributed by atoms with van der Waals surface area (Å²) in [6.45, 7) is 5.62. The summed E-state index contributed by atoms with van der Waals surface area (Å²) in [6.07, 6.45) is 0. The minimum Gasteiger partial charge on any atom is -0.496 e. The molecule has 4 N–H and O–H groups in total. The van der Waals surface area contributed by atoms with Crippen LogP contribution in [0.1, 0.15) is 11.1 Å². The highest BCUT2D eigenvalue weighted by molar-refractivity contribution is 5.95. The molecule has 1 saturated heterocycles. The number of benzene rings is 1. The molecule has 0 spiro atoms. The number of nitrogens with zero attached hydrogens (tertiary/aromatic N) is 2. The molecule has 1 heterocycles. The van der Waals surface area contributed by atoms with Crippen molar-refractivity contribution in [1.29, 1.82) is 5.41 Å². The van der Waals surface area contributed by atoms with Crippen molar-refractivity contribution in [3.8, 4) is 5.75 Å². The number of amidine groups is 1. The Bertz CT molecular complexity index is 485. The number of hydrogen-bond donors (Lipinski definition) is 3. The van der Waals surface area contributed by atoms with Crippen LogP contribution in [0.25, 0.3) is 0 Å². The van der Waals surface area contributed by atoms with Gasteiger partial charge in [0.15, 0.2) is 0 Å². The first-order chi connectivity index (χ1) is 10.1. The van der Waals surface area contributed by atoms with E-state index in [-0.39, 0.29) is 12.4 Å². The van der Waals surface area contributed by atoms with Gasteiger partial charge in [-0.1, -0.05) is 0 Å². The number of nitrogens with two attached hydrogens (primary N) is 1. The Balaban J connectivity index is 2.02. The Morgan fingerprint density at radius 2 is 1.95 bits per heavy atom. The summed E-state index contributed by atoms with van der Waals surface area (Å²) in [7, 11) is 1.66. The molecule has 0 bridgehead atoms. The second kappa shape index (κ2) is 7.40. The summed E-state index contributed by atoms with van der Waals surface area (Å²) < 4.78 is 5.40. The third-order valence-electron chi connectivity index (χ3n) is 3.87.